The van der Waals surface area contributed by atoms with Crippen molar-refractivity contribution in [1.82, 2.24) is 0 Å². The summed E-state index contributed by atoms with van der Waals surface area (Å²) in [5, 5.41) is 0. The van der Waals surface area contributed by atoms with Crippen LogP contribution in [0.4, 0.5) is 52.7 Å². The second-order valence-electron chi connectivity index (χ2n) is 5.41. The molecule has 0 spiro atoms. The standard InChI is InChI=1S/C10H6F12/c11-5(12)1-3(7(5,15)16)9(19,20)10(21,22)4-2-6(13,14)8(4,17)18/h3-4H,1-2H2. The maximum atomic E-state index is 13.4. The Morgan fingerprint density at radius 2 is 0.773 bits per heavy atom. The lowest BCUT2D eigenvalue weighted by Gasteiger charge is -2.53. The van der Waals surface area contributed by atoms with Gasteiger partial charge in [0.1, 0.15) is 11.8 Å². The number of hydrogen-bond donors (Lipinski definition) is 0. The first-order valence-electron chi connectivity index (χ1n) is 5.70. The van der Waals surface area contributed by atoms with Crippen LogP contribution in [0.5, 0.6) is 0 Å². The van der Waals surface area contributed by atoms with Gasteiger partial charge in [-0.3, -0.25) is 0 Å². The van der Waals surface area contributed by atoms with Gasteiger partial charge >= 0.3 is 35.5 Å². The monoisotopic (exact) mass is 354 g/mol. The smallest absolute Gasteiger partial charge is 0.200 e. The van der Waals surface area contributed by atoms with E-state index in [1.54, 1.807) is 0 Å². The van der Waals surface area contributed by atoms with Crippen LogP contribution in [0, 0.1) is 11.8 Å². The molecule has 22 heavy (non-hydrogen) atoms. The Balaban J connectivity index is 2.31. The van der Waals surface area contributed by atoms with Crippen molar-refractivity contribution in [3.63, 3.8) is 0 Å². The fraction of sp³-hybridized carbons (Fsp3) is 1.00. The maximum absolute atomic E-state index is 13.4. The number of hydrogen-bond acceptors (Lipinski definition) is 0. The first-order chi connectivity index (χ1) is 9.43. The lowest BCUT2D eigenvalue weighted by Crippen LogP contribution is -2.73. The van der Waals surface area contributed by atoms with Gasteiger partial charge in [-0.2, -0.15) is 52.7 Å². The Morgan fingerprint density at radius 3 is 0.909 bits per heavy atom. The molecule has 0 aromatic rings. The zero-order valence-electron chi connectivity index (χ0n) is 10.1. The van der Waals surface area contributed by atoms with Crippen LogP contribution in [-0.4, -0.2) is 35.5 Å². The van der Waals surface area contributed by atoms with Gasteiger partial charge in [-0.1, -0.05) is 0 Å². The van der Waals surface area contributed by atoms with Crippen LogP contribution in [0.1, 0.15) is 12.8 Å². The molecule has 2 rings (SSSR count). The molecular formula is C10H6F12. The molecule has 130 valence electrons. The van der Waals surface area contributed by atoms with Crippen molar-refractivity contribution in [3.05, 3.63) is 0 Å². The summed E-state index contributed by atoms with van der Waals surface area (Å²) in [5.74, 6) is -40.9. The van der Waals surface area contributed by atoms with Crippen LogP contribution in [0.15, 0.2) is 0 Å². The molecule has 0 bridgehead atoms. The van der Waals surface area contributed by atoms with Crippen LogP contribution < -0.4 is 0 Å². The van der Waals surface area contributed by atoms with Crippen molar-refractivity contribution in [2.24, 2.45) is 11.8 Å². The summed E-state index contributed by atoms with van der Waals surface area (Å²) in [6.07, 6.45) is -4.73. The highest BCUT2D eigenvalue weighted by atomic mass is 19.3. The van der Waals surface area contributed by atoms with Gasteiger partial charge in [0.15, 0.2) is 0 Å². The highest BCUT2D eigenvalue weighted by molar-refractivity contribution is 5.17. The molecule has 2 fully saturated rings. The summed E-state index contributed by atoms with van der Waals surface area (Å²) < 4.78 is 155. The number of halogens is 12. The third-order valence-corrected chi connectivity index (χ3v) is 4.09. The summed E-state index contributed by atoms with van der Waals surface area (Å²) in [5.41, 5.74) is 0. The van der Waals surface area contributed by atoms with Crippen molar-refractivity contribution < 1.29 is 52.7 Å². The zero-order chi connectivity index (χ0) is 17.6. The van der Waals surface area contributed by atoms with Crippen molar-refractivity contribution >= 4 is 0 Å². The summed E-state index contributed by atoms with van der Waals surface area (Å²) >= 11 is 0. The molecule has 2 aliphatic rings. The van der Waals surface area contributed by atoms with Crippen molar-refractivity contribution in [2.45, 2.75) is 48.4 Å². The Kier molecular flexibility index (Phi) is 3.16. The fourth-order valence-corrected chi connectivity index (χ4v) is 2.47. The molecule has 0 aromatic carbocycles. The third-order valence-electron chi connectivity index (χ3n) is 4.09. The number of alkyl halides is 12. The van der Waals surface area contributed by atoms with Crippen LogP contribution in [0.25, 0.3) is 0 Å². The summed E-state index contributed by atoms with van der Waals surface area (Å²) in [6, 6.07) is 0. The fourth-order valence-electron chi connectivity index (χ4n) is 2.47. The topological polar surface area (TPSA) is 0 Å². The van der Waals surface area contributed by atoms with Gasteiger partial charge < -0.3 is 0 Å². The van der Waals surface area contributed by atoms with E-state index in [0.29, 0.717) is 0 Å². The summed E-state index contributed by atoms with van der Waals surface area (Å²) in [6.45, 7) is 0. The molecule has 0 aliphatic heterocycles. The van der Waals surface area contributed by atoms with E-state index in [4.69, 9.17) is 0 Å². The Morgan fingerprint density at radius 1 is 0.545 bits per heavy atom. The Hall–Kier alpha value is -0.840. The highest BCUT2D eigenvalue weighted by Crippen LogP contribution is 2.68. The van der Waals surface area contributed by atoms with E-state index < -0.39 is 60.2 Å². The first-order valence-corrected chi connectivity index (χ1v) is 5.70. The second-order valence-corrected chi connectivity index (χ2v) is 5.41. The van der Waals surface area contributed by atoms with Gasteiger partial charge in [0.25, 0.3) is 0 Å². The van der Waals surface area contributed by atoms with Crippen LogP contribution >= 0.6 is 0 Å². The number of rotatable bonds is 3. The molecule has 0 nitrogen and oxygen atoms in total. The van der Waals surface area contributed by atoms with Gasteiger partial charge in [-0.05, 0) is 0 Å². The van der Waals surface area contributed by atoms with E-state index in [1.807, 2.05) is 0 Å². The predicted octanol–water partition coefficient (Wildman–Crippen LogP) is 4.84. The Bertz CT molecular complexity index is 434. The van der Waals surface area contributed by atoms with E-state index in [2.05, 4.69) is 0 Å². The lowest BCUT2D eigenvalue weighted by atomic mass is 9.64. The highest BCUT2D eigenvalue weighted by Gasteiger charge is 2.88. The molecule has 2 aliphatic carbocycles. The van der Waals surface area contributed by atoms with Crippen molar-refractivity contribution in [1.29, 1.82) is 0 Å². The minimum absolute atomic E-state index is 2.36. The first kappa shape index (κ1) is 17.5. The molecule has 0 aromatic heterocycles. The van der Waals surface area contributed by atoms with Gasteiger partial charge in [-0.25, -0.2) is 0 Å². The average Bonchev–Trinajstić information content (AvgIpc) is 2.32. The quantitative estimate of drug-likeness (QED) is 0.637. The lowest BCUT2D eigenvalue weighted by molar-refractivity contribution is -0.423. The van der Waals surface area contributed by atoms with Gasteiger partial charge in [0.05, 0.1) is 0 Å². The van der Waals surface area contributed by atoms with E-state index >= 15 is 0 Å². The van der Waals surface area contributed by atoms with E-state index in [-0.39, 0.29) is 0 Å². The SMILES string of the molecule is FC1(F)CC(C(F)(F)C(F)(F)C2CC(F)(F)C2(F)F)C1(F)F. The predicted molar refractivity (Wildman–Crippen MR) is 45.9 cm³/mol. The molecule has 2 saturated carbocycles. The van der Waals surface area contributed by atoms with Crippen LogP contribution in [0.3, 0.4) is 0 Å². The zero-order valence-corrected chi connectivity index (χ0v) is 10.1. The van der Waals surface area contributed by atoms with Gasteiger partial charge in [0, 0.05) is 12.8 Å². The van der Waals surface area contributed by atoms with E-state index in [0.717, 1.165) is 0 Å². The average molecular weight is 354 g/mol. The third kappa shape index (κ3) is 1.75. The van der Waals surface area contributed by atoms with Crippen molar-refractivity contribution in [2.75, 3.05) is 0 Å². The van der Waals surface area contributed by atoms with E-state index in [1.165, 1.54) is 0 Å². The largest absolute Gasteiger partial charge is 0.319 e. The molecule has 12 heteroatoms. The molecule has 2 unspecified atom stereocenters. The van der Waals surface area contributed by atoms with Crippen LogP contribution in [-0.2, 0) is 0 Å². The summed E-state index contributed by atoms with van der Waals surface area (Å²) in [7, 11) is 0. The molecular weight excluding hydrogens is 348 g/mol. The minimum atomic E-state index is -6.00. The molecule has 2 atom stereocenters. The Labute approximate surface area is 114 Å². The molecule has 0 N–H and O–H groups in total. The van der Waals surface area contributed by atoms with Crippen LogP contribution in [0.2, 0.25) is 0 Å². The summed E-state index contributed by atoms with van der Waals surface area (Å²) in [4.78, 5) is 0. The van der Waals surface area contributed by atoms with E-state index in [9.17, 15) is 52.7 Å². The molecule has 0 radical (unpaired) electrons. The molecule has 0 heterocycles. The second kappa shape index (κ2) is 3.97. The maximum Gasteiger partial charge on any atom is 0.319 e. The van der Waals surface area contributed by atoms with Crippen molar-refractivity contribution in [3.8, 4) is 0 Å². The minimum Gasteiger partial charge on any atom is -0.200 e. The molecule has 0 saturated heterocycles. The molecule has 0 amide bonds. The normalized spacial score (nSPS) is 35.5. The van der Waals surface area contributed by atoms with Gasteiger partial charge in [-0.15, -0.1) is 0 Å². The van der Waals surface area contributed by atoms with Gasteiger partial charge in [0.2, 0.25) is 0 Å².